The van der Waals surface area contributed by atoms with Crippen LogP contribution in [0.5, 0.6) is 0 Å². The van der Waals surface area contributed by atoms with Gasteiger partial charge in [0.2, 0.25) is 0 Å². The normalized spacial score (nSPS) is 13.8. The average molecular weight is 266 g/mol. The first-order chi connectivity index (χ1) is 9.15. The summed E-state index contributed by atoms with van der Waals surface area (Å²) in [7, 11) is 0. The molecule has 0 saturated carbocycles. The number of benzene rings is 1. The van der Waals surface area contributed by atoms with Gasteiger partial charge in [0.05, 0.1) is 12.7 Å². The molecule has 0 aliphatic heterocycles. The molecular formula is C15H22O4. The van der Waals surface area contributed by atoms with Gasteiger partial charge in [-0.1, -0.05) is 43.7 Å². The van der Waals surface area contributed by atoms with E-state index in [1.54, 1.807) is 24.3 Å². The summed E-state index contributed by atoms with van der Waals surface area (Å²) in [5.74, 6) is -0.247. The van der Waals surface area contributed by atoms with Gasteiger partial charge in [-0.2, -0.15) is 0 Å². The number of ether oxygens (including phenoxy) is 1. The van der Waals surface area contributed by atoms with Crippen LogP contribution in [0.15, 0.2) is 30.3 Å². The molecule has 0 unspecified atom stereocenters. The number of hydrogen-bond acceptors (Lipinski definition) is 4. The van der Waals surface area contributed by atoms with E-state index < -0.39 is 12.2 Å². The van der Waals surface area contributed by atoms with Gasteiger partial charge < -0.3 is 14.9 Å². The summed E-state index contributed by atoms with van der Waals surface area (Å²) < 4.78 is 4.99. The zero-order chi connectivity index (χ0) is 14.1. The first kappa shape index (κ1) is 15.7. The van der Waals surface area contributed by atoms with Crippen molar-refractivity contribution in [2.75, 3.05) is 6.61 Å². The minimum atomic E-state index is -0.949. The van der Waals surface area contributed by atoms with Crippen molar-refractivity contribution in [2.24, 2.45) is 0 Å². The lowest BCUT2D eigenvalue weighted by Gasteiger charge is -2.18. The summed E-state index contributed by atoms with van der Waals surface area (Å²) in [5.41, 5.74) is 0.660. The highest BCUT2D eigenvalue weighted by molar-refractivity contribution is 5.69. The van der Waals surface area contributed by atoms with Crippen molar-refractivity contribution in [2.45, 2.75) is 44.8 Å². The van der Waals surface area contributed by atoms with Crippen molar-refractivity contribution in [3.8, 4) is 0 Å². The van der Waals surface area contributed by atoms with Gasteiger partial charge in [-0.15, -0.1) is 0 Å². The Bertz CT molecular complexity index is 364. The van der Waals surface area contributed by atoms with Gasteiger partial charge in [0.25, 0.3) is 0 Å². The molecule has 4 nitrogen and oxygen atoms in total. The van der Waals surface area contributed by atoms with E-state index in [1.807, 2.05) is 13.0 Å². The fourth-order valence-electron chi connectivity index (χ4n) is 1.72. The highest BCUT2D eigenvalue weighted by atomic mass is 16.5. The Morgan fingerprint density at radius 3 is 2.58 bits per heavy atom. The lowest BCUT2D eigenvalue weighted by Crippen LogP contribution is -2.21. The molecule has 0 heterocycles. The lowest BCUT2D eigenvalue weighted by molar-refractivity contribution is -0.144. The molecular weight excluding hydrogens is 244 g/mol. The van der Waals surface area contributed by atoms with Crippen LogP contribution in [0.25, 0.3) is 0 Å². The minimum Gasteiger partial charge on any atom is -0.466 e. The summed E-state index contributed by atoms with van der Waals surface area (Å²) >= 11 is 0. The van der Waals surface area contributed by atoms with E-state index in [0.29, 0.717) is 12.0 Å². The number of rotatable bonds is 8. The molecule has 19 heavy (non-hydrogen) atoms. The number of carbonyl (C=O) groups excluding carboxylic acids is 1. The fourth-order valence-corrected chi connectivity index (χ4v) is 1.72. The third kappa shape index (κ3) is 5.85. The molecule has 0 aliphatic rings. The number of esters is 1. The molecule has 1 rings (SSSR count). The van der Waals surface area contributed by atoms with Crippen LogP contribution in [0, 0.1) is 0 Å². The predicted molar refractivity (Wildman–Crippen MR) is 72.5 cm³/mol. The number of hydrogen-bond donors (Lipinski definition) is 2. The van der Waals surface area contributed by atoms with Crippen LogP contribution < -0.4 is 0 Å². The summed E-state index contributed by atoms with van der Waals surface area (Å²) in [5, 5.41) is 19.7. The molecule has 0 spiro atoms. The predicted octanol–water partition coefficient (Wildman–Crippen LogP) is 2.20. The van der Waals surface area contributed by atoms with Crippen LogP contribution in [0.4, 0.5) is 0 Å². The van der Waals surface area contributed by atoms with Crippen LogP contribution in [-0.4, -0.2) is 28.9 Å². The minimum absolute atomic E-state index is 0.133. The molecule has 1 aromatic carbocycles. The Morgan fingerprint density at radius 1 is 1.26 bits per heavy atom. The van der Waals surface area contributed by atoms with Crippen molar-refractivity contribution in [1.29, 1.82) is 0 Å². The molecule has 0 fully saturated rings. The molecule has 0 aliphatic carbocycles. The first-order valence-electron chi connectivity index (χ1n) is 6.71. The van der Waals surface area contributed by atoms with Crippen LogP contribution in [-0.2, 0) is 9.53 Å². The number of unbranched alkanes of at least 4 members (excludes halogenated alkanes) is 1. The second kappa shape index (κ2) is 8.67. The highest BCUT2D eigenvalue weighted by Crippen LogP contribution is 2.18. The largest absolute Gasteiger partial charge is 0.466 e. The molecule has 4 heteroatoms. The van der Waals surface area contributed by atoms with E-state index in [9.17, 15) is 15.0 Å². The monoisotopic (exact) mass is 266 g/mol. The molecule has 2 atom stereocenters. The number of aliphatic hydroxyl groups is 2. The van der Waals surface area contributed by atoms with Crippen molar-refractivity contribution >= 4 is 5.97 Å². The third-order valence-electron chi connectivity index (χ3n) is 2.92. The van der Waals surface area contributed by atoms with E-state index >= 15 is 0 Å². The average Bonchev–Trinajstić information content (AvgIpc) is 2.45. The van der Waals surface area contributed by atoms with E-state index in [0.717, 1.165) is 12.8 Å². The first-order valence-corrected chi connectivity index (χ1v) is 6.71. The number of carbonyl (C=O) groups is 1. The van der Waals surface area contributed by atoms with Gasteiger partial charge in [-0.25, -0.2) is 0 Å². The van der Waals surface area contributed by atoms with E-state index in [1.165, 1.54) is 0 Å². The standard InChI is InChI=1S/C15H22O4/c1-2-3-9-14(17)19-11-10-13(16)15(18)12-7-5-4-6-8-12/h4-8,13,15-16,18H,2-3,9-11H2,1H3/t13-,15-/m1/s1. The fraction of sp³-hybridized carbons (Fsp3) is 0.533. The Hall–Kier alpha value is -1.39. The van der Waals surface area contributed by atoms with E-state index in [2.05, 4.69) is 0 Å². The van der Waals surface area contributed by atoms with Gasteiger partial charge in [-0.05, 0) is 12.0 Å². The van der Waals surface area contributed by atoms with Gasteiger partial charge in [0.15, 0.2) is 0 Å². The van der Waals surface area contributed by atoms with Crippen molar-refractivity contribution < 1.29 is 19.7 Å². The van der Waals surface area contributed by atoms with Crippen molar-refractivity contribution in [3.05, 3.63) is 35.9 Å². The van der Waals surface area contributed by atoms with Gasteiger partial charge in [0, 0.05) is 12.8 Å². The zero-order valence-electron chi connectivity index (χ0n) is 11.3. The summed E-state index contributed by atoms with van der Waals surface area (Å²) in [6, 6.07) is 8.95. The smallest absolute Gasteiger partial charge is 0.305 e. The molecule has 0 saturated heterocycles. The molecule has 0 aromatic heterocycles. The SMILES string of the molecule is CCCCC(=O)OCC[C@@H](O)[C@H](O)c1ccccc1. The molecule has 0 radical (unpaired) electrons. The molecule has 2 N–H and O–H groups in total. The topological polar surface area (TPSA) is 66.8 Å². The van der Waals surface area contributed by atoms with Crippen molar-refractivity contribution in [1.82, 2.24) is 0 Å². The maximum Gasteiger partial charge on any atom is 0.305 e. The lowest BCUT2D eigenvalue weighted by atomic mass is 10.0. The highest BCUT2D eigenvalue weighted by Gasteiger charge is 2.18. The van der Waals surface area contributed by atoms with Gasteiger partial charge in [0.1, 0.15) is 6.10 Å². The van der Waals surface area contributed by atoms with E-state index in [4.69, 9.17) is 4.74 Å². The summed E-state index contributed by atoms with van der Waals surface area (Å²) in [6.07, 6.45) is 0.525. The third-order valence-corrected chi connectivity index (χ3v) is 2.92. The Labute approximate surface area is 114 Å². The zero-order valence-corrected chi connectivity index (χ0v) is 11.3. The maximum atomic E-state index is 11.3. The quantitative estimate of drug-likeness (QED) is 0.708. The molecule has 0 bridgehead atoms. The van der Waals surface area contributed by atoms with Gasteiger partial charge >= 0.3 is 5.97 Å². The second-order valence-electron chi connectivity index (χ2n) is 4.54. The molecule has 1 aromatic rings. The number of aliphatic hydroxyl groups excluding tert-OH is 2. The van der Waals surface area contributed by atoms with Crippen LogP contribution in [0.1, 0.15) is 44.3 Å². The summed E-state index contributed by atoms with van der Waals surface area (Å²) in [6.45, 7) is 2.14. The molecule has 0 amide bonds. The van der Waals surface area contributed by atoms with Crippen LogP contribution in [0.3, 0.4) is 0 Å². The van der Waals surface area contributed by atoms with Crippen molar-refractivity contribution in [3.63, 3.8) is 0 Å². The second-order valence-corrected chi connectivity index (χ2v) is 4.54. The Morgan fingerprint density at radius 2 is 1.95 bits per heavy atom. The summed E-state index contributed by atoms with van der Waals surface area (Å²) in [4.78, 5) is 11.3. The Kier molecular flexibility index (Phi) is 7.15. The Balaban J connectivity index is 2.27. The van der Waals surface area contributed by atoms with Gasteiger partial charge in [-0.3, -0.25) is 4.79 Å². The molecule has 106 valence electrons. The van der Waals surface area contributed by atoms with Crippen LogP contribution >= 0.6 is 0 Å². The van der Waals surface area contributed by atoms with Crippen LogP contribution in [0.2, 0.25) is 0 Å². The maximum absolute atomic E-state index is 11.3. The van der Waals surface area contributed by atoms with E-state index in [-0.39, 0.29) is 19.0 Å².